The van der Waals surface area contributed by atoms with Crippen LogP contribution >= 0.6 is 0 Å². The maximum atomic E-state index is 13.7. The third-order valence-electron chi connectivity index (χ3n) is 6.01. The molecule has 0 saturated carbocycles. The normalized spacial score (nSPS) is 15.6. The van der Waals surface area contributed by atoms with Gasteiger partial charge in [0.2, 0.25) is 0 Å². The number of carbonyl (C=O) groups excluding carboxylic acids is 1. The zero-order valence-electron chi connectivity index (χ0n) is 21.0. The van der Waals surface area contributed by atoms with E-state index in [-0.39, 0.29) is 30.0 Å². The summed E-state index contributed by atoms with van der Waals surface area (Å²) in [5.74, 6) is 0.659. The summed E-state index contributed by atoms with van der Waals surface area (Å²) in [4.78, 5) is 13.2. The third-order valence-corrected chi connectivity index (χ3v) is 7.80. The van der Waals surface area contributed by atoms with Gasteiger partial charge >= 0.3 is 0 Å². The number of rotatable bonds is 7. The maximum absolute atomic E-state index is 13.7. The Hall–Kier alpha value is -3.52. The number of hydrogen-bond donors (Lipinski definition) is 1. The quantitative estimate of drug-likeness (QED) is 0.477. The molecule has 190 valence electrons. The van der Waals surface area contributed by atoms with Gasteiger partial charge < -0.3 is 14.8 Å². The molecule has 1 aliphatic rings. The Bertz CT molecular complexity index is 1320. The van der Waals surface area contributed by atoms with Crippen molar-refractivity contribution in [1.29, 1.82) is 0 Å². The Morgan fingerprint density at radius 3 is 2.42 bits per heavy atom. The number of sulfonamides is 1. The largest absolute Gasteiger partial charge is 0.492 e. The molecule has 3 aromatic rings. The van der Waals surface area contributed by atoms with Crippen molar-refractivity contribution >= 4 is 21.6 Å². The Kier molecular flexibility index (Phi) is 7.26. The van der Waals surface area contributed by atoms with Crippen molar-refractivity contribution in [3.8, 4) is 11.5 Å². The number of benzene rings is 3. The predicted molar refractivity (Wildman–Crippen MR) is 140 cm³/mol. The highest BCUT2D eigenvalue weighted by molar-refractivity contribution is 7.92. The number of carbonyl (C=O) groups is 1. The molecule has 8 heteroatoms. The average Bonchev–Trinajstić information content (AvgIpc) is 2.85. The van der Waals surface area contributed by atoms with Crippen LogP contribution in [0.4, 0.5) is 5.69 Å². The molecule has 0 fully saturated rings. The molecule has 1 atom stereocenters. The Balaban J connectivity index is 1.57. The number of hydrogen-bond acceptors (Lipinski definition) is 5. The molecule has 0 saturated heterocycles. The number of aryl methyl sites for hydroxylation is 1. The summed E-state index contributed by atoms with van der Waals surface area (Å²) in [6, 6.07) is 21.5. The van der Waals surface area contributed by atoms with Gasteiger partial charge in [-0.25, -0.2) is 8.42 Å². The van der Waals surface area contributed by atoms with Crippen LogP contribution in [0.25, 0.3) is 0 Å². The summed E-state index contributed by atoms with van der Waals surface area (Å²) in [5, 5.41) is 2.80. The number of ether oxygens (including phenoxy) is 2. The van der Waals surface area contributed by atoms with Crippen LogP contribution in [0.5, 0.6) is 11.5 Å². The number of para-hydroxylation sites is 1. The molecule has 0 aromatic heterocycles. The van der Waals surface area contributed by atoms with Crippen LogP contribution in [0.2, 0.25) is 0 Å². The van der Waals surface area contributed by atoms with Gasteiger partial charge in [0.15, 0.2) is 6.10 Å². The van der Waals surface area contributed by atoms with Crippen LogP contribution in [0.1, 0.15) is 31.9 Å². The van der Waals surface area contributed by atoms with Gasteiger partial charge in [0.05, 0.1) is 23.7 Å². The summed E-state index contributed by atoms with van der Waals surface area (Å²) in [7, 11) is -3.93. The molecule has 0 radical (unpaired) electrons. The van der Waals surface area contributed by atoms with E-state index in [1.807, 2.05) is 49.4 Å². The Morgan fingerprint density at radius 1 is 1.06 bits per heavy atom. The van der Waals surface area contributed by atoms with Gasteiger partial charge in [-0.2, -0.15) is 0 Å². The fourth-order valence-corrected chi connectivity index (χ4v) is 5.36. The minimum Gasteiger partial charge on any atom is -0.492 e. The number of fused-ring (bicyclic) bond motifs is 1. The number of nitrogens with zero attached hydrogens (tertiary/aromatic N) is 1. The van der Waals surface area contributed by atoms with E-state index >= 15 is 0 Å². The van der Waals surface area contributed by atoms with Crippen molar-refractivity contribution in [3.05, 3.63) is 83.9 Å². The topological polar surface area (TPSA) is 84.9 Å². The zero-order valence-corrected chi connectivity index (χ0v) is 21.8. The van der Waals surface area contributed by atoms with Gasteiger partial charge in [-0.3, -0.25) is 9.10 Å². The highest BCUT2D eigenvalue weighted by Crippen LogP contribution is 2.40. The van der Waals surface area contributed by atoms with E-state index in [4.69, 9.17) is 9.47 Å². The molecule has 1 heterocycles. The SMILES string of the molecule is Cc1ccc(S(=O)(=O)N2C[C@H](C(=O)NCCOc3ccccc3)Oc3ccc(C(C)(C)C)cc32)cc1. The molecule has 4 rings (SSSR count). The molecule has 3 aromatic carbocycles. The lowest BCUT2D eigenvalue weighted by atomic mass is 9.86. The molecule has 7 nitrogen and oxygen atoms in total. The van der Waals surface area contributed by atoms with E-state index in [1.54, 1.807) is 30.3 Å². The molecular weight excluding hydrogens is 476 g/mol. The van der Waals surface area contributed by atoms with E-state index < -0.39 is 22.0 Å². The first kappa shape index (κ1) is 25.6. The molecule has 0 bridgehead atoms. The van der Waals surface area contributed by atoms with Crippen molar-refractivity contribution in [2.75, 3.05) is 24.0 Å². The fourth-order valence-electron chi connectivity index (χ4n) is 3.89. The predicted octanol–water partition coefficient (Wildman–Crippen LogP) is 4.44. The number of nitrogens with one attached hydrogen (secondary N) is 1. The number of anilines is 1. The van der Waals surface area contributed by atoms with Gasteiger partial charge in [0.1, 0.15) is 18.1 Å². The average molecular weight is 509 g/mol. The lowest BCUT2D eigenvalue weighted by Gasteiger charge is -2.36. The second-order valence-corrected chi connectivity index (χ2v) is 11.7. The molecule has 0 aliphatic carbocycles. The monoisotopic (exact) mass is 508 g/mol. The summed E-state index contributed by atoms with van der Waals surface area (Å²) in [6.07, 6.45) is -1.00. The van der Waals surface area contributed by atoms with E-state index in [2.05, 4.69) is 26.1 Å². The van der Waals surface area contributed by atoms with Crippen molar-refractivity contribution in [2.24, 2.45) is 0 Å². The van der Waals surface area contributed by atoms with Crippen LogP contribution in [-0.2, 0) is 20.2 Å². The zero-order chi connectivity index (χ0) is 25.9. The lowest BCUT2D eigenvalue weighted by molar-refractivity contribution is -0.127. The van der Waals surface area contributed by atoms with Crippen molar-refractivity contribution in [1.82, 2.24) is 5.32 Å². The number of amides is 1. The van der Waals surface area contributed by atoms with E-state index in [0.29, 0.717) is 17.2 Å². The minimum absolute atomic E-state index is 0.137. The first-order valence-corrected chi connectivity index (χ1v) is 13.4. The standard InChI is InChI=1S/C28H32N2O5S/c1-20-10-13-23(14-11-20)36(32,33)30-19-26(27(31)29-16-17-34-22-8-6-5-7-9-22)35-25-15-12-21(18-24(25)30)28(2,3)4/h5-15,18,26H,16-17,19H2,1-4H3,(H,29,31)/t26-/m1/s1. The lowest BCUT2D eigenvalue weighted by Crippen LogP contribution is -2.51. The van der Waals surface area contributed by atoms with Gasteiger partial charge in [-0.05, 0) is 54.3 Å². The van der Waals surface area contributed by atoms with Crippen LogP contribution in [0.15, 0.2) is 77.7 Å². The van der Waals surface area contributed by atoms with Gasteiger partial charge in [-0.1, -0.05) is 62.7 Å². The van der Waals surface area contributed by atoms with Gasteiger partial charge in [0.25, 0.3) is 15.9 Å². The Morgan fingerprint density at radius 2 is 1.75 bits per heavy atom. The summed E-state index contributed by atoms with van der Waals surface area (Å²) < 4.78 is 40.4. The molecule has 0 spiro atoms. The van der Waals surface area contributed by atoms with Crippen LogP contribution in [-0.4, -0.2) is 40.1 Å². The van der Waals surface area contributed by atoms with E-state index in [9.17, 15) is 13.2 Å². The van der Waals surface area contributed by atoms with Gasteiger partial charge in [0, 0.05) is 0 Å². The summed E-state index contributed by atoms with van der Waals surface area (Å²) in [6.45, 7) is 8.48. The highest BCUT2D eigenvalue weighted by Gasteiger charge is 2.38. The third kappa shape index (κ3) is 5.65. The Labute approximate surface area is 213 Å². The van der Waals surface area contributed by atoms with E-state index in [0.717, 1.165) is 11.1 Å². The highest BCUT2D eigenvalue weighted by atomic mass is 32.2. The molecule has 1 N–H and O–H groups in total. The molecular formula is C28H32N2O5S. The van der Waals surface area contributed by atoms with Crippen molar-refractivity contribution < 1.29 is 22.7 Å². The molecule has 0 unspecified atom stereocenters. The molecule has 1 aliphatic heterocycles. The van der Waals surface area contributed by atoms with Crippen molar-refractivity contribution in [3.63, 3.8) is 0 Å². The van der Waals surface area contributed by atoms with Gasteiger partial charge in [-0.15, -0.1) is 0 Å². The fraction of sp³-hybridized carbons (Fsp3) is 0.321. The maximum Gasteiger partial charge on any atom is 0.264 e. The molecule has 36 heavy (non-hydrogen) atoms. The van der Waals surface area contributed by atoms with E-state index in [1.165, 1.54) is 4.31 Å². The minimum atomic E-state index is -3.93. The second kappa shape index (κ2) is 10.2. The smallest absolute Gasteiger partial charge is 0.264 e. The second-order valence-electron chi connectivity index (χ2n) is 9.84. The van der Waals surface area contributed by atoms with Crippen LogP contribution in [0.3, 0.4) is 0 Å². The summed E-state index contributed by atoms with van der Waals surface area (Å²) in [5.41, 5.74) is 2.16. The first-order valence-electron chi connectivity index (χ1n) is 11.9. The van der Waals surface area contributed by atoms with Crippen LogP contribution < -0.4 is 19.1 Å². The molecule has 1 amide bonds. The summed E-state index contributed by atoms with van der Waals surface area (Å²) >= 11 is 0. The van der Waals surface area contributed by atoms with Crippen LogP contribution in [0, 0.1) is 6.92 Å². The van der Waals surface area contributed by atoms with Crippen molar-refractivity contribution in [2.45, 2.75) is 44.1 Å². The first-order chi connectivity index (χ1) is 17.1.